The largest absolute Gasteiger partial charge is 0.397 e. The summed E-state index contributed by atoms with van der Waals surface area (Å²) in [7, 11) is 0. The minimum atomic E-state index is -4.29. The van der Waals surface area contributed by atoms with Gasteiger partial charge in [0, 0.05) is 12.7 Å². The van der Waals surface area contributed by atoms with Crippen LogP contribution in [0.5, 0.6) is 0 Å². The first-order chi connectivity index (χ1) is 7.22. The van der Waals surface area contributed by atoms with Crippen LogP contribution in [-0.2, 0) is 6.54 Å². The van der Waals surface area contributed by atoms with Gasteiger partial charge >= 0.3 is 6.18 Å². The maximum Gasteiger partial charge on any atom is 0.390 e. The molecule has 0 atom stereocenters. The van der Waals surface area contributed by atoms with Gasteiger partial charge in [-0.1, -0.05) is 0 Å². The molecule has 0 aromatic carbocycles. The van der Waals surface area contributed by atoms with Crippen molar-refractivity contribution in [1.29, 1.82) is 0 Å². The molecule has 1 rings (SSSR count). The Morgan fingerprint density at radius 1 is 1.50 bits per heavy atom. The third kappa shape index (κ3) is 3.01. The number of alkyl halides is 3. The van der Waals surface area contributed by atoms with Crippen LogP contribution in [0.2, 0.25) is 0 Å². The molecule has 0 bridgehead atoms. The Bertz CT molecular complexity index is 453. The van der Waals surface area contributed by atoms with Gasteiger partial charge in [-0.05, 0) is 28.4 Å². The summed E-state index contributed by atoms with van der Waals surface area (Å²) < 4.78 is 37.1. The van der Waals surface area contributed by atoms with Crippen LogP contribution >= 0.6 is 15.9 Å². The summed E-state index contributed by atoms with van der Waals surface area (Å²) in [5, 5.41) is 0. The first-order valence-corrected chi connectivity index (χ1v) is 5.23. The Morgan fingerprint density at radius 3 is 2.56 bits per heavy atom. The maximum absolute atomic E-state index is 12.0. The lowest BCUT2D eigenvalue weighted by Gasteiger charge is -2.11. The van der Waals surface area contributed by atoms with E-state index < -0.39 is 24.7 Å². The van der Waals surface area contributed by atoms with Gasteiger partial charge in [0.1, 0.15) is 0 Å². The number of hydrogen-bond acceptors (Lipinski definition) is 2. The van der Waals surface area contributed by atoms with Crippen molar-refractivity contribution >= 4 is 21.6 Å². The average molecular weight is 299 g/mol. The fourth-order valence-electron chi connectivity index (χ4n) is 1.15. The topological polar surface area (TPSA) is 48.0 Å². The normalized spacial score (nSPS) is 11.8. The number of aromatic nitrogens is 1. The number of nitrogens with two attached hydrogens (primary N) is 1. The summed E-state index contributed by atoms with van der Waals surface area (Å²) in [4.78, 5) is 11.6. The molecule has 1 aromatic heterocycles. The highest BCUT2D eigenvalue weighted by Crippen LogP contribution is 2.21. The number of nitrogens with zero attached hydrogens (tertiary/aromatic N) is 1. The van der Waals surface area contributed by atoms with Crippen molar-refractivity contribution in [1.82, 2.24) is 4.57 Å². The van der Waals surface area contributed by atoms with Crippen molar-refractivity contribution in [3.8, 4) is 0 Å². The molecule has 90 valence electrons. The zero-order valence-electron chi connectivity index (χ0n) is 8.44. The van der Waals surface area contributed by atoms with Crippen LogP contribution in [-0.4, -0.2) is 10.7 Å². The molecule has 2 N–H and O–H groups in total. The molecule has 1 heterocycles. The van der Waals surface area contributed by atoms with Crippen LogP contribution in [0.1, 0.15) is 12.0 Å². The molecule has 0 saturated heterocycles. The number of rotatable bonds is 2. The molecule has 0 aliphatic rings. The van der Waals surface area contributed by atoms with E-state index in [9.17, 15) is 18.0 Å². The number of halogens is 4. The molecule has 0 spiro atoms. The number of nitrogen functional groups attached to an aromatic ring is 1. The maximum atomic E-state index is 12.0. The summed E-state index contributed by atoms with van der Waals surface area (Å²) in [6, 6.07) is 0. The van der Waals surface area contributed by atoms with E-state index >= 15 is 0 Å². The van der Waals surface area contributed by atoms with Gasteiger partial charge in [0.05, 0.1) is 16.6 Å². The van der Waals surface area contributed by atoms with E-state index in [-0.39, 0.29) is 10.2 Å². The van der Waals surface area contributed by atoms with E-state index in [4.69, 9.17) is 5.73 Å². The molecule has 1 aromatic rings. The minimum absolute atomic E-state index is 0.203. The summed E-state index contributed by atoms with van der Waals surface area (Å²) in [6.45, 7) is 1.19. The van der Waals surface area contributed by atoms with E-state index in [0.29, 0.717) is 5.56 Å². The second-order valence-electron chi connectivity index (χ2n) is 3.39. The minimum Gasteiger partial charge on any atom is -0.397 e. The Balaban J connectivity index is 3.03. The highest BCUT2D eigenvalue weighted by Gasteiger charge is 2.27. The van der Waals surface area contributed by atoms with Crippen LogP contribution in [0.4, 0.5) is 18.9 Å². The number of anilines is 1. The summed E-state index contributed by atoms with van der Waals surface area (Å²) in [6.07, 6.45) is -4.11. The molecule has 0 saturated carbocycles. The van der Waals surface area contributed by atoms with Gasteiger partial charge in [0.25, 0.3) is 5.56 Å². The molecule has 0 amide bonds. The second kappa shape index (κ2) is 4.48. The van der Waals surface area contributed by atoms with Crippen molar-refractivity contribution in [2.75, 3.05) is 5.73 Å². The third-order valence-electron chi connectivity index (χ3n) is 2.14. The Hall–Kier alpha value is -0.980. The van der Waals surface area contributed by atoms with E-state index in [1.807, 2.05) is 0 Å². The van der Waals surface area contributed by atoms with Gasteiger partial charge in [0.2, 0.25) is 0 Å². The lowest BCUT2D eigenvalue weighted by Crippen LogP contribution is -2.25. The molecule has 0 fully saturated rings. The molecule has 3 nitrogen and oxygen atoms in total. The summed E-state index contributed by atoms with van der Waals surface area (Å²) in [5.74, 6) is 0. The summed E-state index contributed by atoms with van der Waals surface area (Å²) >= 11 is 3.01. The fourth-order valence-corrected chi connectivity index (χ4v) is 1.61. The predicted octanol–water partition coefficient (Wildman–Crippen LogP) is 2.45. The smallest absolute Gasteiger partial charge is 0.390 e. The van der Waals surface area contributed by atoms with Crippen LogP contribution < -0.4 is 11.3 Å². The Labute approximate surface area is 98.2 Å². The molecule has 7 heteroatoms. The molecule has 0 radical (unpaired) electrons. The van der Waals surface area contributed by atoms with Crippen molar-refractivity contribution in [2.45, 2.75) is 26.1 Å². The quantitative estimate of drug-likeness (QED) is 0.912. The van der Waals surface area contributed by atoms with Crippen molar-refractivity contribution in [2.24, 2.45) is 0 Å². The van der Waals surface area contributed by atoms with Crippen LogP contribution in [0.25, 0.3) is 0 Å². The molecule has 0 aliphatic carbocycles. The van der Waals surface area contributed by atoms with E-state index in [2.05, 4.69) is 15.9 Å². The summed E-state index contributed by atoms with van der Waals surface area (Å²) in [5.41, 5.74) is 5.88. The highest BCUT2D eigenvalue weighted by atomic mass is 79.9. The zero-order chi connectivity index (χ0) is 12.5. The molecule has 0 aliphatic heterocycles. The van der Waals surface area contributed by atoms with Crippen LogP contribution in [0.15, 0.2) is 15.5 Å². The van der Waals surface area contributed by atoms with Crippen LogP contribution in [0, 0.1) is 6.92 Å². The van der Waals surface area contributed by atoms with Crippen molar-refractivity contribution in [3.05, 3.63) is 26.6 Å². The SMILES string of the molecule is Cc1c(N)cn(CCC(F)(F)F)c(=O)c1Br. The second-order valence-corrected chi connectivity index (χ2v) is 4.18. The van der Waals surface area contributed by atoms with Gasteiger partial charge in [-0.2, -0.15) is 13.2 Å². The number of pyridine rings is 1. The van der Waals surface area contributed by atoms with Crippen molar-refractivity contribution < 1.29 is 13.2 Å². The Kier molecular flexibility index (Phi) is 3.67. The van der Waals surface area contributed by atoms with Crippen molar-refractivity contribution in [3.63, 3.8) is 0 Å². The highest BCUT2D eigenvalue weighted by molar-refractivity contribution is 9.10. The third-order valence-corrected chi connectivity index (χ3v) is 3.08. The average Bonchev–Trinajstić information content (AvgIpc) is 2.17. The van der Waals surface area contributed by atoms with Gasteiger partial charge < -0.3 is 10.3 Å². The zero-order valence-corrected chi connectivity index (χ0v) is 10.0. The van der Waals surface area contributed by atoms with Gasteiger partial charge in [-0.3, -0.25) is 4.79 Å². The predicted molar refractivity (Wildman–Crippen MR) is 58.2 cm³/mol. The van der Waals surface area contributed by atoms with Gasteiger partial charge in [-0.25, -0.2) is 0 Å². The molecular weight excluding hydrogens is 289 g/mol. The first kappa shape index (κ1) is 13.1. The number of hydrogen-bond donors (Lipinski definition) is 1. The first-order valence-electron chi connectivity index (χ1n) is 4.44. The fraction of sp³-hybridized carbons (Fsp3) is 0.444. The van der Waals surface area contributed by atoms with Gasteiger partial charge in [-0.15, -0.1) is 0 Å². The molecular formula is C9H10BrF3N2O. The lowest BCUT2D eigenvalue weighted by atomic mass is 10.2. The molecule has 0 unspecified atom stereocenters. The number of aryl methyl sites for hydroxylation is 1. The Morgan fingerprint density at radius 2 is 2.06 bits per heavy atom. The van der Waals surface area contributed by atoms with Gasteiger partial charge in [0.15, 0.2) is 0 Å². The van der Waals surface area contributed by atoms with E-state index in [1.165, 1.54) is 6.20 Å². The van der Waals surface area contributed by atoms with E-state index in [1.54, 1.807) is 6.92 Å². The monoisotopic (exact) mass is 298 g/mol. The molecule has 16 heavy (non-hydrogen) atoms. The standard InChI is InChI=1S/C9H10BrF3N2O/c1-5-6(14)4-15(8(16)7(5)10)3-2-9(11,12)13/h4H,2-3,14H2,1H3. The van der Waals surface area contributed by atoms with E-state index in [0.717, 1.165) is 4.57 Å². The lowest BCUT2D eigenvalue weighted by molar-refractivity contribution is -0.136. The van der Waals surface area contributed by atoms with Crippen LogP contribution in [0.3, 0.4) is 0 Å².